The Kier molecular flexibility index (Phi) is 7.05. The van der Waals surface area contributed by atoms with Crippen LogP contribution in [0.15, 0.2) is 91.0 Å². The van der Waals surface area contributed by atoms with E-state index in [1.807, 2.05) is 75.4 Å². The summed E-state index contributed by atoms with van der Waals surface area (Å²) >= 11 is 0. The zero-order valence-corrected chi connectivity index (χ0v) is 20.1. The molecular weight excluding hydrogens is 426 g/mol. The van der Waals surface area contributed by atoms with Crippen LogP contribution in [0.2, 0.25) is 0 Å². The van der Waals surface area contributed by atoms with Crippen LogP contribution in [-0.2, 0) is 15.1 Å². The van der Waals surface area contributed by atoms with Crippen molar-refractivity contribution >= 4 is 6.09 Å². The molecular formula is C29H33NO4. The number of benzene rings is 3. The second-order valence-electron chi connectivity index (χ2n) is 9.77. The summed E-state index contributed by atoms with van der Waals surface area (Å²) in [6, 6.07) is 30.1. The van der Waals surface area contributed by atoms with Gasteiger partial charge < -0.3 is 19.5 Å². The lowest BCUT2D eigenvalue weighted by molar-refractivity contribution is -0.0251. The minimum absolute atomic E-state index is 0.234. The number of hydrogen-bond acceptors (Lipinski definition) is 4. The summed E-state index contributed by atoms with van der Waals surface area (Å²) in [6.07, 6.45) is -0.601. The minimum atomic E-state index is -0.878. The van der Waals surface area contributed by atoms with Gasteiger partial charge in [0.1, 0.15) is 11.2 Å². The molecule has 0 aliphatic carbocycles. The number of aliphatic hydroxyl groups excluding tert-OH is 1. The van der Waals surface area contributed by atoms with Gasteiger partial charge in [0.15, 0.2) is 0 Å². The first kappa shape index (κ1) is 24.0. The molecule has 1 saturated heterocycles. The van der Waals surface area contributed by atoms with Gasteiger partial charge in [-0.2, -0.15) is 0 Å². The van der Waals surface area contributed by atoms with Crippen LogP contribution >= 0.6 is 0 Å². The van der Waals surface area contributed by atoms with E-state index in [9.17, 15) is 9.90 Å². The van der Waals surface area contributed by atoms with Crippen LogP contribution in [0.5, 0.6) is 0 Å². The molecule has 3 aromatic carbocycles. The fraction of sp³-hybridized carbons (Fsp3) is 0.345. The van der Waals surface area contributed by atoms with E-state index < -0.39 is 23.4 Å². The summed E-state index contributed by atoms with van der Waals surface area (Å²) in [4.78, 5) is 14.5. The number of carbonyl (C=O) groups is 1. The molecule has 0 bridgehead atoms. The average molecular weight is 460 g/mol. The van der Waals surface area contributed by atoms with Crippen LogP contribution < -0.4 is 0 Å². The highest BCUT2D eigenvalue weighted by Gasteiger charge is 2.42. The lowest BCUT2D eigenvalue weighted by Gasteiger charge is -2.38. The third kappa shape index (κ3) is 5.16. The van der Waals surface area contributed by atoms with Gasteiger partial charge in [0.25, 0.3) is 0 Å². The highest BCUT2D eigenvalue weighted by Crippen LogP contribution is 2.41. The molecule has 1 aliphatic heterocycles. The van der Waals surface area contributed by atoms with Gasteiger partial charge in [-0.15, -0.1) is 0 Å². The van der Waals surface area contributed by atoms with Crippen molar-refractivity contribution in [3.8, 4) is 0 Å². The molecule has 0 spiro atoms. The van der Waals surface area contributed by atoms with Crippen molar-refractivity contribution in [2.45, 2.75) is 50.5 Å². The number of nitrogens with zero attached hydrogens (tertiary/aromatic N) is 1. The van der Waals surface area contributed by atoms with Gasteiger partial charge in [0.2, 0.25) is 0 Å². The smallest absolute Gasteiger partial charge is 0.410 e. The molecule has 5 heteroatoms. The van der Waals surface area contributed by atoms with Crippen molar-refractivity contribution in [1.82, 2.24) is 4.90 Å². The van der Waals surface area contributed by atoms with Gasteiger partial charge in [0, 0.05) is 0 Å². The zero-order chi connectivity index (χ0) is 24.2. The normalized spacial score (nSPS) is 18.6. The number of hydrogen-bond donors (Lipinski definition) is 1. The molecule has 0 radical (unpaired) electrons. The third-order valence-electron chi connectivity index (χ3n) is 6.05. The van der Waals surface area contributed by atoms with Gasteiger partial charge in [-0.25, -0.2) is 4.79 Å². The molecule has 5 nitrogen and oxygen atoms in total. The third-order valence-corrected chi connectivity index (χ3v) is 6.05. The molecule has 0 saturated carbocycles. The van der Waals surface area contributed by atoms with E-state index in [1.165, 1.54) is 0 Å². The largest absolute Gasteiger partial charge is 0.444 e. The Labute approximate surface area is 201 Å². The summed E-state index contributed by atoms with van der Waals surface area (Å²) < 4.78 is 12.5. The van der Waals surface area contributed by atoms with E-state index in [2.05, 4.69) is 36.4 Å². The van der Waals surface area contributed by atoms with Crippen LogP contribution in [-0.4, -0.2) is 47.0 Å². The van der Waals surface area contributed by atoms with Gasteiger partial charge in [0.05, 0.1) is 25.3 Å². The fourth-order valence-corrected chi connectivity index (χ4v) is 4.58. The molecule has 34 heavy (non-hydrogen) atoms. The molecule has 1 N–H and O–H groups in total. The molecule has 1 aliphatic rings. The molecule has 2 atom stereocenters. The van der Waals surface area contributed by atoms with E-state index in [1.54, 1.807) is 4.90 Å². The second-order valence-corrected chi connectivity index (χ2v) is 9.77. The fourth-order valence-electron chi connectivity index (χ4n) is 4.58. The topological polar surface area (TPSA) is 59.0 Å². The Balaban J connectivity index is 1.73. The van der Waals surface area contributed by atoms with E-state index in [0.717, 1.165) is 16.7 Å². The van der Waals surface area contributed by atoms with Gasteiger partial charge in [-0.1, -0.05) is 91.0 Å². The molecule has 1 heterocycles. The molecule has 1 fully saturated rings. The number of amides is 1. The van der Waals surface area contributed by atoms with Gasteiger partial charge in [-0.3, -0.25) is 0 Å². The first-order chi connectivity index (χ1) is 16.3. The monoisotopic (exact) mass is 459 g/mol. The first-order valence-electron chi connectivity index (χ1n) is 11.8. The van der Waals surface area contributed by atoms with Crippen LogP contribution in [0.25, 0.3) is 0 Å². The van der Waals surface area contributed by atoms with Gasteiger partial charge >= 0.3 is 6.09 Å². The minimum Gasteiger partial charge on any atom is -0.444 e. The highest BCUT2D eigenvalue weighted by molar-refractivity contribution is 5.69. The van der Waals surface area contributed by atoms with E-state index in [-0.39, 0.29) is 19.2 Å². The summed E-state index contributed by atoms with van der Waals surface area (Å²) in [5, 5.41) is 10.4. The number of carbonyl (C=O) groups excluding carboxylic acids is 1. The van der Waals surface area contributed by atoms with E-state index in [0.29, 0.717) is 6.42 Å². The first-order valence-corrected chi connectivity index (χ1v) is 11.8. The van der Waals surface area contributed by atoms with Crippen LogP contribution in [0.3, 0.4) is 0 Å². The van der Waals surface area contributed by atoms with Crippen molar-refractivity contribution in [3.63, 3.8) is 0 Å². The number of rotatable bonds is 6. The quantitative estimate of drug-likeness (QED) is 0.504. The number of aliphatic hydroxyl groups is 1. The lowest BCUT2D eigenvalue weighted by Crippen LogP contribution is -2.44. The van der Waals surface area contributed by atoms with Crippen molar-refractivity contribution < 1.29 is 19.4 Å². The zero-order valence-electron chi connectivity index (χ0n) is 20.1. The number of ether oxygens (including phenoxy) is 2. The molecule has 1 amide bonds. The van der Waals surface area contributed by atoms with Crippen molar-refractivity contribution in [2.24, 2.45) is 0 Å². The number of likely N-dealkylation sites (tertiary alicyclic amines) is 1. The molecule has 0 aromatic heterocycles. The lowest BCUT2D eigenvalue weighted by atomic mass is 9.80. The van der Waals surface area contributed by atoms with Crippen molar-refractivity contribution in [1.29, 1.82) is 0 Å². The van der Waals surface area contributed by atoms with E-state index in [4.69, 9.17) is 9.47 Å². The Hall–Kier alpha value is -3.15. The predicted molar refractivity (Wildman–Crippen MR) is 133 cm³/mol. The van der Waals surface area contributed by atoms with Crippen LogP contribution in [0, 0.1) is 0 Å². The Morgan fingerprint density at radius 3 is 1.71 bits per heavy atom. The maximum Gasteiger partial charge on any atom is 0.410 e. The maximum absolute atomic E-state index is 12.9. The highest BCUT2D eigenvalue weighted by atomic mass is 16.6. The average Bonchev–Trinajstić information content (AvgIpc) is 3.21. The standard InChI is InChI=1S/C29H33NO4/c1-28(2,3)34-27(32)30-20-26(31)19-25(30)21-33-29(22-13-7-4-8-14-22,23-15-9-5-10-16-23)24-17-11-6-12-18-24/h4-18,25-26,31H,19-21H2,1-3H3/t25-,26-/m0/s1. The van der Waals surface area contributed by atoms with Crippen LogP contribution in [0.4, 0.5) is 4.79 Å². The molecule has 178 valence electrons. The molecule has 4 rings (SSSR count). The Morgan fingerprint density at radius 2 is 1.29 bits per heavy atom. The Bertz CT molecular complexity index is 967. The molecule has 0 unspecified atom stereocenters. The van der Waals surface area contributed by atoms with Crippen molar-refractivity contribution in [2.75, 3.05) is 13.2 Å². The maximum atomic E-state index is 12.9. The Morgan fingerprint density at radius 1 is 0.853 bits per heavy atom. The SMILES string of the molecule is CC(C)(C)OC(=O)N1C[C@@H](O)C[C@H]1COC(c1ccccc1)(c1ccccc1)c1ccccc1. The summed E-state index contributed by atoms with van der Waals surface area (Å²) in [5.74, 6) is 0. The summed E-state index contributed by atoms with van der Waals surface area (Å²) in [6.45, 7) is 6.00. The number of β-amino-alcohol motifs (C(OH)–C–C–N with tert-alkyl or cyclic N) is 1. The van der Waals surface area contributed by atoms with Crippen LogP contribution in [0.1, 0.15) is 43.9 Å². The second kappa shape index (κ2) is 10.00. The summed E-state index contributed by atoms with van der Waals surface area (Å²) in [7, 11) is 0. The predicted octanol–water partition coefficient (Wildman–Crippen LogP) is 5.37. The van der Waals surface area contributed by atoms with Gasteiger partial charge in [-0.05, 0) is 43.9 Å². The summed E-state index contributed by atoms with van der Waals surface area (Å²) in [5.41, 5.74) is 1.49. The van der Waals surface area contributed by atoms with Crippen molar-refractivity contribution in [3.05, 3.63) is 108 Å². The molecule has 3 aromatic rings. The van der Waals surface area contributed by atoms with E-state index >= 15 is 0 Å².